The highest BCUT2D eigenvalue weighted by Crippen LogP contribution is 2.19. The molecule has 1 amide bonds. The third-order valence-corrected chi connectivity index (χ3v) is 3.32. The number of carbonyl (C=O) groups excluding carboxylic acids is 1. The Morgan fingerprint density at radius 3 is 2.50 bits per heavy atom. The minimum atomic E-state index is 0.0854. The summed E-state index contributed by atoms with van der Waals surface area (Å²) in [5.74, 6) is 0.179. The number of aryl methyl sites for hydroxylation is 1. The van der Waals surface area contributed by atoms with Crippen LogP contribution in [0.1, 0.15) is 45.1 Å². The Morgan fingerprint density at radius 1 is 1.39 bits per heavy atom. The quantitative estimate of drug-likeness (QED) is 0.786. The van der Waals surface area contributed by atoms with Crippen LogP contribution in [-0.4, -0.2) is 10.9 Å². The molecule has 0 saturated heterocycles. The number of hydrogen-bond acceptors (Lipinski definition) is 2. The van der Waals surface area contributed by atoms with Crippen LogP contribution < -0.4 is 5.32 Å². The molecule has 100 valence electrons. The van der Waals surface area contributed by atoms with Crippen molar-refractivity contribution in [1.29, 1.82) is 0 Å². The second-order valence-electron chi connectivity index (χ2n) is 4.60. The van der Waals surface area contributed by atoms with Gasteiger partial charge in [0.1, 0.15) is 5.15 Å². The summed E-state index contributed by atoms with van der Waals surface area (Å²) in [6.07, 6.45) is 5.51. The number of amides is 1. The van der Waals surface area contributed by atoms with Crippen molar-refractivity contribution in [3.8, 4) is 0 Å². The van der Waals surface area contributed by atoms with Crippen LogP contribution in [0.5, 0.6) is 0 Å². The van der Waals surface area contributed by atoms with Crippen LogP contribution in [0.4, 0.5) is 5.69 Å². The number of rotatable bonds is 6. The van der Waals surface area contributed by atoms with Gasteiger partial charge >= 0.3 is 0 Å². The van der Waals surface area contributed by atoms with Gasteiger partial charge in [-0.05, 0) is 31.4 Å². The Hall–Kier alpha value is -1.09. The molecule has 4 heteroatoms. The van der Waals surface area contributed by atoms with Gasteiger partial charge in [-0.3, -0.25) is 4.79 Å². The van der Waals surface area contributed by atoms with Crippen molar-refractivity contribution in [2.45, 2.75) is 46.5 Å². The predicted octanol–water partition coefficient (Wildman–Crippen LogP) is 4.20. The molecule has 0 aromatic carbocycles. The third-order valence-electron chi connectivity index (χ3n) is 2.93. The topological polar surface area (TPSA) is 42.0 Å². The predicted molar refractivity (Wildman–Crippen MR) is 75.9 cm³/mol. The first-order valence-corrected chi connectivity index (χ1v) is 6.89. The van der Waals surface area contributed by atoms with Crippen LogP contribution in [0.3, 0.4) is 0 Å². The van der Waals surface area contributed by atoms with Crippen molar-refractivity contribution in [2.75, 3.05) is 5.32 Å². The molecule has 0 aliphatic carbocycles. The van der Waals surface area contributed by atoms with Crippen LogP contribution in [0.25, 0.3) is 0 Å². The molecule has 0 atom stereocenters. The van der Waals surface area contributed by atoms with E-state index < -0.39 is 0 Å². The molecule has 0 radical (unpaired) electrons. The van der Waals surface area contributed by atoms with Gasteiger partial charge in [-0.2, -0.15) is 0 Å². The number of anilines is 1. The SMILES string of the molecule is CCCC(CCC)C(=O)Nc1cnc(Cl)c(C)c1. The van der Waals surface area contributed by atoms with E-state index in [2.05, 4.69) is 24.1 Å². The zero-order valence-electron chi connectivity index (χ0n) is 11.3. The second kappa shape index (κ2) is 7.37. The summed E-state index contributed by atoms with van der Waals surface area (Å²) < 4.78 is 0. The van der Waals surface area contributed by atoms with Crippen molar-refractivity contribution in [3.63, 3.8) is 0 Å². The van der Waals surface area contributed by atoms with E-state index in [1.807, 2.05) is 13.0 Å². The number of nitrogens with one attached hydrogen (secondary N) is 1. The summed E-state index contributed by atoms with van der Waals surface area (Å²) in [5.41, 5.74) is 1.59. The van der Waals surface area contributed by atoms with Crippen molar-refractivity contribution >= 4 is 23.2 Å². The number of nitrogens with zero attached hydrogens (tertiary/aromatic N) is 1. The molecule has 0 fully saturated rings. The molecule has 0 aliphatic rings. The molecule has 1 heterocycles. The number of hydrogen-bond donors (Lipinski definition) is 1. The van der Waals surface area contributed by atoms with E-state index in [0.29, 0.717) is 5.15 Å². The fraction of sp³-hybridized carbons (Fsp3) is 0.571. The molecule has 1 aromatic heterocycles. The molecular formula is C14H21ClN2O. The fourth-order valence-electron chi connectivity index (χ4n) is 1.97. The average molecular weight is 269 g/mol. The first kappa shape index (κ1) is 15.0. The molecule has 0 aliphatic heterocycles. The van der Waals surface area contributed by atoms with Crippen LogP contribution in [0.15, 0.2) is 12.3 Å². The van der Waals surface area contributed by atoms with Crippen LogP contribution >= 0.6 is 11.6 Å². The molecule has 1 aromatic rings. The first-order valence-electron chi connectivity index (χ1n) is 6.51. The summed E-state index contributed by atoms with van der Waals surface area (Å²) in [4.78, 5) is 16.2. The van der Waals surface area contributed by atoms with E-state index in [1.165, 1.54) is 0 Å². The molecule has 3 nitrogen and oxygen atoms in total. The Morgan fingerprint density at radius 2 is 2.00 bits per heavy atom. The van der Waals surface area contributed by atoms with E-state index in [4.69, 9.17) is 11.6 Å². The second-order valence-corrected chi connectivity index (χ2v) is 4.95. The van der Waals surface area contributed by atoms with Gasteiger partial charge in [0, 0.05) is 5.92 Å². The molecule has 18 heavy (non-hydrogen) atoms. The van der Waals surface area contributed by atoms with Gasteiger partial charge in [0.15, 0.2) is 0 Å². The number of carbonyl (C=O) groups is 1. The summed E-state index contributed by atoms with van der Waals surface area (Å²) in [7, 11) is 0. The van der Waals surface area contributed by atoms with Crippen molar-refractivity contribution in [1.82, 2.24) is 4.98 Å². The van der Waals surface area contributed by atoms with E-state index in [9.17, 15) is 4.79 Å². The summed E-state index contributed by atoms with van der Waals surface area (Å²) >= 11 is 5.86. The lowest BCUT2D eigenvalue weighted by molar-refractivity contribution is -0.120. The lowest BCUT2D eigenvalue weighted by Gasteiger charge is -2.15. The number of pyridine rings is 1. The lowest BCUT2D eigenvalue weighted by Crippen LogP contribution is -2.22. The standard InChI is InChI=1S/C14H21ClN2O/c1-4-6-11(7-5-2)14(18)17-12-8-10(3)13(15)16-9-12/h8-9,11H,4-7H2,1-3H3,(H,17,18). The summed E-state index contributed by atoms with van der Waals surface area (Å²) in [6, 6.07) is 1.85. The van der Waals surface area contributed by atoms with Crippen molar-refractivity contribution in [2.24, 2.45) is 5.92 Å². The highest BCUT2D eigenvalue weighted by atomic mass is 35.5. The van der Waals surface area contributed by atoms with E-state index in [1.54, 1.807) is 6.20 Å². The van der Waals surface area contributed by atoms with Gasteiger partial charge in [-0.15, -0.1) is 0 Å². The van der Waals surface area contributed by atoms with Crippen LogP contribution in [-0.2, 0) is 4.79 Å². The monoisotopic (exact) mass is 268 g/mol. The molecule has 1 rings (SSSR count). The zero-order valence-corrected chi connectivity index (χ0v) is 12.0. The Kier molecular flexibility index (Phi) is 6.13. The largest absolute Gasteiger partial charge is 0.324 e. The Balaban J connectivity index is 2.69. The maximum Gasteiger partial charge on any atom is 0.227 e. The maximum absolute atomic E-state index is 12.1. The van der Waals surface area contributed by atoms with Crippen LogP contribution in [0, 0.1) is 12.8 Å². The van der Waals surface area contributed by atoms with E-state index in [0.717, 1.165) is 36.9 Å². The highest BCUT2D eigenvalue weighted by Gasteiger charge is 2.16. The lowest BCUT2D eigenvalue weighted by atomic mass is 9.97. The Labute approximate surface area is 114 Å². The molecule has 0 spiro atoms. The van der Waals surface area contributed by atoms with Crippen molar-refractivity contribution in [3.05, 3.63) is 23.0 Å². The number of halogens is 1. The summed E-state index contributed by atoms with van der Waals surface area (Å²) in [5, 5.41) is 3.40. The van der Waals surface area contributed by atoms with Gasteiger partial charge < -0.3 is 5.32 Å². The average Bonchev–Trinajstić information content (AvgIpc) is 2.33. The maximum atomic E-state index is 12.1. The van der Waals surface area contributed by atoms with E-state index >= 15 is 0 Å². The van der Waals surface area contributed by atoms with E-state index in [-0.39, 0.29) is 11.8 Å². The minimum Gasteiger partial charge on any atom is -0.324 e. The van der Waals surface area contributed by atoms with Gasteiger partial charge in [-0.25, -0.2) is 4.98 Å². The Bertz CT molecular complexity index is 401. The smallest absolute Gasteiger partial charge is 0.227 e. The molecule has 1 N–H and O–H groups in total. The fourth-order valence-corrected chi connectivity index (χ4v) is 2.08. The van der Waals surface area contributed by atoms with Gasteiger partial charge in [-0.1, -0.05) is 38.3 Å². The van der Waals surface area contributed by atoms with Gasteiger partial charge in [0.25, 0.3) is 0 Å². The molecular weight excluding hydrogens is 248 g/mol. The van der Waals surface area contributed by atoms with Crippen molar-refractivity contribution < 1.29 is 4.79 Å². The normalized spacial score (nSPS) is 10.7. The highest BCUT2D eigenvalue weighted by molar-refractivity contribution is 6.30. The zero-order chi connectivity index (χ0) is 13.5. The molecule has 0 unspecified atom stereocenters. The summed E-state index contributed by atoms with van der Waals surface area (Å²) in [6.45, 7) is 6.08. The minimum absolute atomic E-state index is 0.0854. The van der Waals surface area contributed by atoms with Crippen LogP contribution in [0.2, 0.25) is 5.15 Å². The molecule has 0 saturated carbocycles. The third kappa shape index (κ3) is 4.30. The van der Waals surface area contributed by atoms with Gasteiger partial charge in [0.05, 0.1) is 11.9 Å². The van der Waals surface area contributed by atoms with Gasteiger partial charge in [0.2, 0.25) is 5.91 Å². The first-order chi connectivity index (χ1) is 8.58. The molecule has 0 bridgehead atoms. The number of aromatic nitrogens is 1.